The maximum absolute atomic E-state index is 12.1. The Bertz CT molecular complexity index is 766. The molecule has 0 spiro atoms. The molecule has 0 atom stereocenters. The summed E-state index contributed by atoms with van der Waals surface area (Å²) in [6.07, 6.45) is 4.17. The minimum Gasteiger partial charge on any atom is -0.372 e. The van der Waals surface area contributed by atoms with Crippen LogP contribution in [0.3, 0.4) is 0 Å². The first-order valence-electron chi connectivity index (χ1n) is 8.13. The highest BCUT2D eigenvalue weighted by Crippen LogP contribution is 2.25. The van der Waals surface area contributed by atoms with Crippen LogP contribution in [0.5, 0.6) is 0 Å². The van der Waals surface area contributed by atoms with Crippen molar-refractivity contribution in [1.82, 2.24) is 4.72 Å². The number of benzene rings is 1. The molecule has 130 valence electrons. The average molecular weight is 385 g/mol. The highest BCUT2D eigenvalue weighted by atomic mass is 35.5. The Morgan fingerprint density at radius 3 is 2.42 bits per heavy atom. The van der Waals surface area contributed by atoms with E-state index in [0.29, 0.717) is 10.9 Å². The Kier molecular flexibility index (Phi) is 5.81. The van der Waals surface area contributed by atoms with Gasteiger partial charge in [0, 0.05) is 25.3 Å². The van der Waals surface area contributed by atoms with Crippen LogP contribution in [0, 0.1) is 0 Å². The molecule has 4 nitrogen and oxygen atoms in total. The SMILES string of the molecule is O=S(=O)(NCCCc1ccc(N2CCCC2)cc1)c1ccc(Cl)s1. The lowest BCUT2D eigenvalue weighted by Crippen LogP contribution is -2.24. The molecule has 1 aromatic heterocycles. The van der Waals surface area contributed by atoms with E-state index in [-0.39, 0.29) is 4.21 Å². The third kappa shape index (κ3) is 4.51. The molecule has 1 aromatic carbocycles. The Balaban J connectivity index is 1.46. The monoisotopic (exact) mass is 384 g/mol. The highest BCUT2D eigenvalue weighted by Gasteiger charge is 2.15. The van der Waals surface area contributed by atoms with Crippen molar-refractivity contribution in [2.45, 2.75) is 29.9 Å². The second-order valence-electron chi connectivity index (χ2n) is 5.92. The fourth-order valence-corrected chi connectivity index (χ4v) is 5.46. The molecule has 0 saturated carbocycles. The summed E-state index contributed by atoms with van der Waals surface area (Å²) in [5.74, 6) is 0. The molecule has 7 heteroatoms. The van der Waals surface area contributed by atoms with E-state index in [1.165, 1.54) is 30.2 Å². The van der Waals surface area contributed by atoms with Crippen molar-refractivity contribution >= 4 is 38.6 Å². The van der Waals surface area contributed by atoms with Crippen molar-refractivity contribution in [2.24, 2.45) is 0 Å². The number of sulfonamides is 1. The van der Waals surface area contributed by atoms with Gasteiger partial charge in [0.15, 0.2) is 0 Å². The van der Waals surface area contributed by atoms with Gasteiger partial charge in [-0.05, 0) is 55.5 Å². The quantitative estimate of drug-likeness (QED) is 0.736. The van der Waals surface area contributed by atoms with Gasteiger partial charge in [0.05, 0.1) is 4.34 Å². The van der Waals surface area contributed by atoms with Gasteiger partial charge in [0.1, 0.15) is 4.21 Å². The van der Waals surface area contributed by atoms with E-state index in [2.05, 4.69) is 33.9 Å². The molecule has 0 amide bonds. The van der Waals surface area contributed by atoms with E-state index in [9.17, 15) is 8.42 Å². The van der Waals surface area contributed by atoms with Crippen LogP contribution < -0.4 is 9.62 Å². The first-order valence-corrected chi connectivity index (χ1v) is 10.8. The smallest absolute Gasteiger partial charge is 0.250 e. The van der Waals surface area contributed by atoms with E-state index in [4.69, 9.17) is 11.6 Å². The molecule has 3 rings (SSSR count). The van der Waals surface area contributed by atoms with Gasteiger partial charge in [-0.1, -0.05) is 23.7 Å². The number of nitrogens with zero attached hydrogens (tertiary/aromatic N) is 1. The third-order valence-corrected chi connectivity index (χ3v) is 7.34. The molecular formula is C17H21ClN2O2S2. The summed E-state index contributed by atoms with van der Waals surface area (Å²) in [5, 5.41) is 0. The Hall–Kier alpha value is -1.08. The van der Waals surface area contributed by atoms with Gasteiger partial charge in [-0.25, -0.2) is 13.1 Å². The second-order valence-corrected chi connectivity index (χ2v) is 9.63. The lowest BCUT2D eigenvalue weighted by atomic mass is 10.1. The predicted octanol–water partition coefficient (Wildman–Crippen LogP) is 3.91. The van der Waals surface area contributed by atoms with Crippen molar-refractivity contribution in [3.63, 3.8) is 0 Å². The first kappa shape index (κ1) is 17.7. The molecule has 0 bridgehead atoms. The zero-order chi connectivity index (χ0) is 17.0. The van der Waals surface area contributed by atoms with Crippen molar-refractivity contribution in [1.29, 1.82) is 0 Å². The molecular weight excluding hydrogens is 364 g/mol. The molecule has 0 unspecified atom stereocenters. The lowest BCUT2D eigenvalue weighted by Gasteiger charge is -2.17. The van der Waals surface area contributed by atoms with Crippen LogP contribution in [-0.2, 0) is 16.4 Å². The molecule has 1 N–H and O–H groups in total. The number of thiophene rings is 1. The van der Waals surface area contributed by atoms with Crippen LogP contribution in [0.2, 0.25) is 4.34 Å². The van der Waals surface area contributed by atoms with Crippen LogP contribution in [0.1, 0.15) is 24.8 Å². The number of aryl methyl sites for hydroxylation is 1. The van der Waals surface area contributed by atoms with Crippen LogP contribution in [0.25, 0.3) is 0 Å². The number of hydrogen-bond acceptors (Lipinski definition) is 4. The van der Waals surface area contributed by atoms with Crippen molar-refractivity contribution < 1.29 is 8.42 Å². The van der Waals surface area contributed by atoms with Gasteiger partial charge >= 0.3 is 0 Å². The molecule has 2 aromatic rings. The molecule has 2 heterocycles. The second kappa shape index (κ2) is 7.87. The molecule has 1 aliphatic heterocycles. The lowest BCUT2D eigenvalue weighted by molar-refractivity contribution is 0.581. The van der Waals surface area contributed by atoms with Gasteiger partial charge in [-0.2, -0.15) is 0 Å². The summed E-state index contributed by atoms with van der Waals surface area (Å²) in [6, 6.07) is 11.7. The first-order chi connectivity index (χ1) is 11.5. The largest absolute Gasteiger partial charge is 0.372 e. The summed E-state index contributed by atoms with van der Waals surface area (Å²) in [6.45, 7) is 2.72. The average Bonchev–Trinajstić information content (AvgIpc) is 3.24. The van der Waals surface area contributed by atoms with Gasteiger partial charge in [0.2, 0.25) is 10.0 Å². The number of rotatable bonds is 7. The minimum atomic E-state index is -3.43. The molecule has 24 heavy (non-hydrogen) atoms. The Morgan fingerprint density at radius 2 is 1.79 bits per heavy atom. The van der Waals surface area contributed by atoms with Gasteiger partial charge in [0.25, 0.3) is 0 Å². The third-order valence-electron chi connectivity index (χ3n) is 4.16. The van der Waals surface area contributed by atoms with E-state index < -0.39 is 10.0 Å². The standard InChI is InChI=1S/C17H21ClN2O2S2/c18-16-9-10-17(23-16)24(21,22)19-11-3-4-14-5-7-15(8-6-14)20-12-1-2-13-20/h5-10,19H,1-4,11-13H2. The van der Waals surface area contributed by atoms with E-state index in [1.807, 2.05) is 0 Å². The summed E-state index contributed by atoms with van der Waals surface area (Å²) in [7, 11) is -3.43. The zero-order valence-electron chi connectivity index (χ0n) is 13.4. The number of hydrogen-bond donors (Lipinski definition) is 1. The van der Waals surface area contributed by atoms with Crippen molar-refractivity contribution in [3.05, 3.63) is 46.3 Å². The van der Waals surface area contributed by atoms with Gasteiger partial charge in [-0.15, -0.1) is 11.3 Å². The minimum absolute atomic E-state index is 0.266. The summed E-state index contributed by atoms with van der Waals surface area (Å²) in [5.41, 5.74) is 2.52. The Labute approximate surface area is 152 Å². The molecule has 1 fully saturated rings. The zero-order valence-corrected chi connectivity index (χ0v) is 15.8. The van der Waals surface area contributed by atoms with E-state index >= 15 is 0 Å². The predicted molar refractivity (Wildman–Crippen MR) is 101 cm³/mol. The maximum Gasteiger partial charge on any atom is 0.250 e. The molecule has 1 saturated heterocycles. The number of nitrogens with one attached hydrogen (secondary N) is 1. The van der Waals surface area contributed by atoms with Crippen LogP contribution in [0.4, 0.5) is 5.69 Å². The fraction of sp³-hybridized carbons (Fsp3) is 0.412. The highest BCUT2D eigenvalue weighted by molar-refractivity contribution is 7.91. The summed E-state index contributed by atoms with van der Waals surface area (Å²) < 4.78 is 27.5. The van der Waals surface area contributed by atoms with Gasteiger partial charge < -0.3 is 4.90 Å². The normalized spacial score (nSPS) is 15.1. The number of anilines is 1. The number of halogens is 1. The summed E-state index contributed by atoms with van der Waals surface area (Å²) in [4.78, 5) is 2.41. The van der Waals surface area contributed by atoms with Gasteiger partial charge in [-0.3, -0.25) is 0 Å². The maximum atomic E-state index is 12.1. The van der Waals surface area contributed by atoms with Crippen LogP contribution in [-0.4, -0.2) is 28.1 Å². The molecule has 0 aliphatic carbocycles. The molecule has 0 radical (unpaired) electrons. The molecule has 1 aliphatic rings. The summed E-state index contributed by atoms with van der Waals surface area (Å²) >= 11 is 6.86. The Morgan fingerprint density at radius 1 is 1.08 bits per heavy atom. The fourth-order valence-electron chi connectivity index (χ4n) is 2.86. The van der Waals surface area contributed by atoms with Crippen LogP contribution in [0.15, 0.2) is 40.6 Å². The van der Waals surface area contributed by atoms with E-state index in [1.54, 1.807) is 6.07 Å². The van der Waals surface area contributed by atoms with Crippen LogP contribution >= 0.6 is 22.9 Å². The topological polar surface area (TPSA) is 49.4 Å². The van der Waals surface area contributed by atoms with Crippen molar-refractivity contribution in [3.8, 4) is 0 Å². The van der Waals surface area contributed by atoms with Crippen molar-refractivity contribution in [2.75, 3.05) is 24.5 Å². The van der Waals surface area contributed by atoms with E-state index in [0.717, 1.165) is 37.3 Å².